The van der Waals surface area contributed by atoms with E-state index in [0.29, 0.717) is 11.6 Å². The Bertz CT molecular complexity index is 485. The zero-order valence-electron chi connectivity index (χ0n) is 10.9. The van der Waals surface area contributed by atoms with Gasteiger partial charge in [0.15, 0.2) is 0 Å². The van der Waals surface area contributed by atoms with Crippen LogP contribution in [0.25, 0.3) is 6.08 Å². The summed E-state index contributed by atoms with van der Waals surface area (Å²) in [4.78, 5) is 24.2. The minimum atomic E-state index is -0.335. The molecule has 0 bridgehead atoms. The van der Waals surface area contributed by atoms with E-state index >= 15 is 0 Å². The van der Waals surface area contributed by atoms with Gasteiger partial charge in [0.05, 0.1) is 13.5 Å². The number of hydrogen-bond acceptors (Lipinski definition) is 3. The van der Waals surface area contributed by atoms with Gasteiger partial charge in [0.2, 0.25) is 5.91 Å². The number of hydrogen-bond donors (Lipinski definition) is 0. The van der Waals surface area contributed by atoms with E-state index in [9.17, 15) is 9.59 Å². The predicted octanol–water partition coefficient (Wildman–Crippen LogP) is 2.37. The van der Waals surface area contributed by atoms with Gasteiger partial charge in [-0.1, -0.05) is 23.7 Å². The average Bonchev–Trinajstić information content (AvgIpc) is 2.41. The van der Waals surface area contributed by atoms with Crippen LogP contribution >= 0.6 is 11.6 Å². The topological polar surface area (TPSA) is 46.6 Å². The maximum atomic E-state index is 11.8. The van der Waals surface area contributed by atoms with Crippen LogP contribution in [0.3, 0.4) is 0 Å². The Morgan fingerprint density at radius 1 is 1.42 bits per heavy atom. The van der Waals surface area contributed by atoms with Crippen molar-refractivity contribution in [3.63, 3.8) is 0 Å². The molecule has 0 radical (unpaired) electrons. The highest BCUT2D eigenvalue weighted by atomic mass is 35.5. The third-order valence-corrected chi connectivity index (χ3v) is 2.76. The van der Waals surface area contributed by atoms with Gasteiger partial charge >= 0.3 is 5.97 Å². The Balaban J connectivity index is 2.52. The molecule has 0 aromatic heterocycles. The molecule has 0 aliphatic carbocycles. The molecule has 4 nitrogen and oxygen atoms in total. The van der Waals surface area contributed by atoms with Gasteiger partial charge in [-0.3, -0.25) is 9.59 Å². The molecule has 0 unspecified atom stereocenters. The number of benzene rings is 1. The van der Waals surface area contributed by atoms with Gasteiger partial charge in [-0.15, -0.1) is 0 Å². The fourth-order valence-corrected chi connectivity index (χ4v) is 1.57. The van der Waals surface area contributed by atoms with Crippen molar-refractivity contribution in [1.29, 1.82) is 0 Å². The van der Waals surface area contributed by atoms with Gasteiger partial charge < -0.3 is 9.64 Å². The number of halogens is 1. The first-order valence-electron chi connectivity index (χ1n) is 5.78. The van der Waals surface area contributed by atoms with Crippen molar-refractivity contribution >= 4 is 29.6 Å². The number of nitrogens with zero attached hydrogens (tertiary/aromatic N) is 1. The van der Waals surface area contributed by atoms with Gasteiger partial charge in [-0.25, -0.2) is 0 Å². The summed E-state index contributed by atoms with van der Waals surface area (Å²) in [6.45, 7) is 0.325. The maximum absolute atomic E-state index is 11.8. The molecular formula is C14H16ClNO3. The molecule has 0 heterocycles. The van der Waals surface area contributed by atoms with Crippen molar-refractivity contribution in [3.05, 3.63) is 40.9 Å². The number of carbonyl (C=O) groups excluding carboxylic acids is 2. The lowest BCUT2D eigenvalue weighted by atomic mass is 10.2. The molecule has 0 saturated carbocycles. The second-order valence-electron chi connectivity index (χ2n) is 3.97. The molecule has 1 rings (SSSR count). The SMILES string of the molecule is COC(=O)CCN(C)C(=O)C=Cc1cccc(Cl)c1. The summed E-state index contributed by atoms with van der Waals surface area (Å²) in [6.07, 6.45) is 3.32. The van der Waals surface area contributed by atoms with Crippen molar-refractivity contribution in [2.24, 2.45) is 0 Å². The van der Waals surface area contributed by atoms with E-state index in [1.54, 1.807) is 25.3 Å². The molecule has 102 valence electrons. The molecule has 0 saturated heterocycles. The van der Waals surface area contributed by atoms with Crippen LogP contribution < -0.4 is 0 Å². The Morgan fingerprint density at radius 2 is 2.16 bits per heavy atom. The number of carbonyl (C=O) groups is 2. The number of esters is 1. The molecule has 0 aliphatic heterocycles. The van der Waals surface area contributed by atoms with Crippen LogP contribution in [0, 0.1) is 0 Å². The fraction of sp³-hybridized carbons (Fsp3) is 0.286. The summed E-state index contributed by atoms with van der Waals surface area (Å²) >= 11 is 5.84. The van der Waals surface area contributed by atoms with Crippen LogP contribution in [0.4, 0.5) is 0 Å². The second-order valence-corrected chi connectivity index (χ2v) is 4.41. The summed E-state index contributed by atoms with van der Waals surface area (Å²) in [7, 11) is 2.96. The smallest absolute Gasteiger partial charge is 0.307 e. The monoisotopic (exact) mass is 281 g/mol. The van der Waals surface area contributed by atoms with Crippen LogP contribution in [0.15, 0.2) is 30.3 Å². The summed E-state index contributed by atoms with van der Waals surface area (Å²) in [5.74, 6) is -0.512. The van der Waals surface area contributed by atoms with E-state index in [4.69, 9.17) is 11.6 Å². The molecule has 1 aromatic rings. The Kier molecular flexibility index (Phi) is 6.09. The van der Waals surface area contributed by atoms with E-state index < -0.39 is 0 Å². The van der Waals surface area contributed by atoms with Crippen LogP contribution in [-0.2, 0) is 14.3 Å². The third kappa shape index (κ3) is 5.57. The lowest BCUT2D eigenvalue weighted by molar-refractivity contribution is -0.141. The zero-order chi connectivity index (χ0) is 14.3. The predicted molar refractivity (Wildman–Crippen MR) is 74.8 cm³/mol. The van der Waals surface area contributed by atoms with Crippen LogP contribution in [0.2, 0.25) is 5.02 Å². The molecule has 0 aliphatic rings. The summed E-state index contributed by atoms with van der Waals surface area (Å²) < 4.78 is 4.51. The molecular weight excluding hydrogens is 266 g/mol. The van der Waals surface area contributed by atoms with Crippen molar-refractivity contribution in [1.82, 2.24) is 4.90 Å². The lowest BCUT2D eigenvalue weighted by Gasteiger charge is -2.13. The molecule has 0 N–H and O–H groups in total. The summed E-state index contributed by atoms with van der Waals surface area (Å²) in [5, 5.41) is 0.619. The molecule has 1 aromatic carbocycles. The van der Waals surface area contributed by atoms with Crippen molar-refractivity contribution in [2.75, 3.05) is 20.7 Å². The number of methoxy groups -OCH3 is 1. The second kappa shape index (κ2) is 7.59. The summed E-state index contributed by atoms with van der Waals surface area (Å²) in [6, 6.07) is 7.19. The molecule has 0 spiro atoms. The van der Waals surface area contributed by atoms with E-state index in [-0.39, 0.29) is 18.3 Å². The Labute approximate surface area is 117 Å². The first kappa shape index (κ1) is 15.2. The number of likely N-dealkylation sites (N-methyl/N-ethyl adjacent to an activating group) is 1. The minimum Gasteiger partial charge on any atom is -0.469 e. The van der Waals surface area contributed by atoms with Gasteiger partial charge in [-0.2, -0.15) is 0 Å². The van der Waals surface area contributed by atoms with Crippen molar-refractivity contribution < 1.29 is 14.3 Å². The Morgan fingerprint density at radius 3 is 2.79 bits per heavy atom. The minimum absolute atomic E-state index is 0.177. The highest BCUT2D eigenvalue weighted by Crippen LogP contribution is 2.11. The maximum Gasteiger partial charge on any atom is 0.307 e. The first-order valence-corrected chi connectivity index (χ1v) is 6.16. The average molecular weight is 282 g/mol. The van der Waals surface area contributed by atoms with Gasteiger partial charge in [0.25, 0.3) is 0 Å². The summed E-state index contributed by atoms with van der Waals surface area (Å²) in [5.41, 5.74) is 0.849. The molecule has 1 amide bonds. The highest BCUT2D eigenvalue weighted by molar-refractivity contribution is 6.30. The van der Waals surface area contributed by atoms with E-state index in [1.807, 2.05) is 12.1 Å². The van der Waals surface area contributed by atoms with Gasteiger partial charge in [-0.05, 0) is 23.8 Å². The number of amides is 1. The van der Waals surface area contributed by atoms with Gasteiger partial charge in [0.1, 0.15) is 0 Å². The Hall–Kier alpha value is -1.81. The van der Waals surface area contributed by atoms with E-state index in [2.05, 4.69) is 4.74 Å². The standard InChI is InChI=1S/C14H16ClNO3/c1-16(9-8-14(18)19-2)13(17)7-6-11-4-3-5-12(15)10-11/h3-7,10H,8-9H2,1-2H3. The quantitative estimate of drug-likeness (QED) is 0.615. The number of rotatable bonds is 5. The lowest BCUT2D eigenvalue weighted by Crippen LogP contribution is -2.27. The van der Waals surface area contributed by atoms with Crippen molar-refractivity contribution in [2.45, 2.75) is 6.42 Å². The zero-order valence-corrected chi connectivity index (χ0v) is 11.7. The van der Waals surface area contributed by atoms with Gasteiger partial charge in [0, 0.05) is 24.7 Å². The third-order valence-electron chi connectivity index (χ3n) is 2.52. The highest BCUT2D eigenvalue weighted by Gasteiger charge is 2.07. The normalized spacial score (nSPS) is 10.5. The van der Waals surface area contributed by atoms with Crippen molar-refractivity contribution in [3.8, 4) is 0 Å². The van der Waals surface area contributed by atoms with Crippen LogP contribution in [0.1, 0.15) is 12.0 Å². The number of ether oxygens (including phenoxy) is 1. The molecule has 0 atom stereocenters. The molecule has 5 heteroatoms. The first-order chi connectivity index (χ1) is 9.02. The largest absolute Gasteiger partial charge is 0.469 e. The molecule has 0 fully saturated rings. The van der Waals surface area contributed by atoms with E-state index in [1.165, 1.54) is 18.1 Å². The van der Waals surface area contributed by atoms with Crippen LogP contribution in [0.5, 0.6) is 0 Å². The van der Waals surface area contributed by atoms with E-state index in [0.717, 1.165) is 5.56 Å². The van der Waals surface area contributed by atoms with Crippen LogP contribution in [-0.4, -0.2) is 37.5 Å². The molecule has 19 heavy (non-hydrogen) atoms. The fourth-order valence-electron chi connectivity index (χ4n) is 1.38.